The summed E-state index contributed by atoms with van der Waals surface area (Å²) in [5.41, 5.74) is 0. The van der Waals surface area contributed by atoms with Gasteiger partial charge in [0, 0.05) is 6.04 Å². The lowest BCUT2D eigenvalue weighted by Crippen LogP contribution is -2.40. The largest absolute Gasteiger partial charge is 0.379 e. The minimum absolute atomic E-state index is 0.693. The summed E-state index contributed by atoms with van der Waals surface area (Å²) in [5, 5.41) is 3.46. The maximum Gasteiger partial charge on any atom is 0.0623 e. The predicted molar refractivity (Wildman–Crippen MR) is 35.3 cm³/mol. The summed E-state index contributed by atoms with van der Waals surface area (Å²) in [6.07, 6.45) is 2.71. The van der Waals surface area contributed by atoms with Crippen molar-refractivity contribution in [1.29, 1.82) is 0 Å². The van der Waals surface area contributed by atoms with Crippen molar-refractivity contribution in [3.05, 3.63) is 0 Å². The van der Waals surface area contributed by atoms with E-state index < -0.39 is 0 Å². The van der Waals surface area contributed by atoms with Gasteiger partial charge in [-0.15, -0.1) is 0 Å². The minimum atomic E-state index is 0.693. The van der Waals surface area contributed by atoms with E-state index >= 15 is 0 Å². The highest BCUT2D eigenvalue weighted by Crippen LogP contribution is 2.21. The fourth-order valence-corrected chi connectivity index (χ4v) is 1.76. The number of fused-ring (bicyclic) bond motifs is 1. The van der Waals surface area contributed by atoms with Crippen molar-refractivity contribution in [1.82, 2.24) is 5.32 Å². The van der Waals surface area contributed by atoms with Crippen LogP contribution in [0.2, 0.25) is 0 Å². The molecule has 52 valence electrons. The molecule has 2 atom stereocenters. The monoisotopic (exact) mass is 127 g/mol. The van der Waals surface area contributed by atoms with Gasteiger partial charge in [-0.2, -0.15) is 0 Å². The summed E-state index contributed by atoms with van der Waals surface area (Å²) in [7, 11) is 0. The van der Waals surface area contributed by atoms with Crippen molar-refractivity contribution < 1.29 is 4.74 Å². The molecule has 0 spiro atoms. The first-order valence-corrected chi connectivity index (χ1v) is 3.78. The first-order valence-electron chi connectivity index (χ1n) is 3.78. The van der Waals surface area contributed by atoms with Gasteiger partial charge in [-0.3, -0.25) is 0 Å². The first kappa shape index (κ1) is 5.69. The van der Waals surface area contributed by atoms with Crippen molar-refractivity contribution in [3.8, 4) is 0 Å². The Balaban J connectivity index is 1.97. The Morgan fingerprint density at radius 1 is 1.33 bits per heavy atom. The topological polar surface area (TPSA) is 21.3 Å². The lowest BCUT2D eigenvalue weighted by atomic mass is 9.94. The van der Waals surface area contributed by atoms with Gasteiger partial charge in [0.2, 0.25) is 0 Å². The number of nitrogens with one attached hydrogen (secondary N) is 1. The fourth-order valence-electron chi connectivity index (χ4n) is 1.76. The van der Waals surface area contributed by atoms with Crippen LogP contribution in [0.5, 0.6) is 0 Å². The zero-order chi connectivity index (χ0) is 6.10. The smallest absolute Gasteiger partial charge is 0.0623 e. The Bertz CT molecular complexity index is 93.1. The Morgan fingerprint density at radius 3 is 3.22 bits per heavy atom. The van der Waals surface area contributed by atoms with Gasteiger partial charge < -0.3 is 10.1 Å². The van der Waals surface area contributed by atoms with Crippen molar-refractivity contribution >= 4 is 0 Å². The predicted octanol–water partition coefficient (Wildman–Crippen LogP) is 0.385. The van der Waals surface area contributed by atoms with E-state index in [0.29, 0.717) is 6.04 Å². The zero-order valence-corrected chi connectivity index (χ0v) is 5.60. The number of hydrogen-bond donors (Lipinski definition) is 1. The number of piperidine rings is 1. The van der Waals surface area contributed by atoms with Crippen LogP contribution in [0, 0.1) is 5.92 Å². The van der Waals surface area contributed by atoms with Crippen LogP contribution in [-0.2, 0) is 4.74 Å². The highest BCUT2D eigenvalue weighted by molar-refractivity contribution is 4.84. The second-order valence-electron chi connectivity index (χ2n) is 3.00. The normalized spacial score (nSPS) is 42.7. The van der Waals surface area contributed by atoms with E-state index in [1.54, 1.807) is 0 Å². The minimum Gasteiger partial charge on any atom is -0.379 e. The van der Waals surface area contributed by atoms with Gasteiger partial charge in [0.25, 0.3) is 0 Å². The molecule has 0 radical (unpaired) electrons. The Morgan fingerprint density at radius 2 is 2.33 bits per heavy atom. The highest BCUT2D eigenvalue weighted by Gasteiger charge is 2.29. The Kier molecular flexibility index (Phi) is 1.44. The van der Waals surface area contributed by atoms with E-state index in [1.165, 1.54) is 19.4 Å². The van der Waals surface area contributed by atoms with Crippen molar-refractivity contribution in [2.75, 3.05) is 19.8 Å². The lowest BCUT2D eigenvalue weighted by Gasteiger charge is -2.24. The molecule has 2 heterocycles. The maximum absolute atomic E-state index is 5.33. The van der Waals surface area contributed by atoms with E-state index in [0.717, 1.165) is 19.1 Å². The van der Waals surface area contributed by atoms with Crippen molar-refractivity contribution in [3.63, 3.8) is 0 Å². The molecule has 9 heavy (non-hydrogen) atoms. The van der Waals surface area contributed by atoms with Crippen LogP contribution in [0.4, 0.5) is 0 Å². The SMILES string of the molecule is C1CN[C@@H]2COC[C@H]2C1. The number of rotatable bonds is 0. The van der Waals surface area contributed by atoms with Gasteiger partial charge in [0.05, 0.1) is 13.2 Å². The third-order valence-corrected chi connectivity index (χ3v) is 2.36. The molecule has 0 aromatic heterocycles. The van der Waals surface area contributed by atoms with Gasteiger partial charge in [-0.25, -0.2) is 0 Å². The molecule has 0 unspecified atom stereocenters. The third kappa shape index (κ3) is 0.970. The van der Waals surface area contributed by atoms with Gasteiger partial charge in [-0.1, -0.05) is 0 Å². The zero-order valence-electron chi connectivity index (χ0n) is 5.60. The summed E-state index contributed by atoms with van der Waals surface area (Å²) < 4.78 is 5.33. The molecule has 0 aromatic rings. The molecule has 2 fully saturated rings. The lowest BCUT2D eigenvalue weighted by molar-refractivity contribution is 0.183. The average molecular weight is 127 g/mol. The second-order valence-corrected chi connectivity index (χ2v) is 3.00. The summed E-state index contributed by atoms with van der Waals surface area (Å²) in [4.78, 5) is 0. The summed E-state index contributed by atoms with van der Waals surface area (Å²) in [6.45, 7) is 3.15. The van der Waals surface area contributed by atoms with Crippen LogP contribution in [0.25, 0.3) is 0 Å². The summed E-state index contributed by atoms with van der Waals surface area (Å²) in [6, 6.07) is 0.693. The molecule has 0 amide bonds. The third-order valence-electron chi connectivity index (χ3n) is 2.36. The van der Waals surface area contributed by atoms with Gasteiger partial charge in [0.1, 0.15) is 0 Å². The van der Waals surface area contributed by atoms with Crippen molar-refractivity contribution in [2.45, 2.75) is 18.9 Å². The van der Waals surface area contributed by atoms with E-state index in [1.807, 2.05) is 0 Å². The van der Waals surface area contributed by atoms with Gasteiger partial charge >= 0.3 is 0 Å². The first-order chi connectivity index (χ1) is 4.47. The molecule has 2 rings (SSSR count). The quantitative estimate of drug-likeness (QED) is 0.508. The molecular weight excluding hydrogens is 114 g/mol. The highest BCUT2D eigenvalue weighted by atomic mass is 16.5. The molecule has 2 aliphatic rings. The number of ether oxygens (including phenoxy) is 1. The molecule has 0 bridgehead atoms. The molecular formula is C7H13NO. The van der Waals surface area contributed by atoms with E-state index in [9.17, 15) is 0 Å². The summed E-state index contributed by atoms with van der Waals surface area (Å²) >= 11 is 0. The average Bonchev–Trinajstić information content (AvgIpc) is 2.33. The molecule has 0 saturated carbocycles. The van der Waals surface area contributed by atoms with Crippen LogP contribution in [0.15, 0.2) is 0 Å². The van der Waals surface area contributed by atoms with Crippen LogP contribution < -0.4 is 5.32 Å². The van der Waals surface area contributed by atoms with E-state index in [-0.39, 0.29) is 0 Å². The molecule has 2 heteroatoms. The van der Waals surface area contributed by atoms with Gasteiger partial charge in [0.15, 0.2) is 0 Å². The van der Waals surface area contributed by atoms with Crippen LogP contribution in [0.1, 0.15) is 12.8 Å². The maximum atomic E-state index is 5.33. The molecule has 2 aliphatic heterocycles. The van der Waals surface area contributed by atoms with Crippen LogP contribution in [-0.4, -0.2) is 25.8 Å². The van der Waals surface area contributed by atoms with E-state index in [4.69, 9.17) is 4.74 Å². The second kappa shape index (κ2) is 2.27. The fraction of sp³-hybridized carbons (Fsp3) is 1.00. The Hall–Kier alpha value is -0.0800. The molecule has 1 N–H and O–H groups in total. The molecule has 0 aromatic carbocycles. The van der Waals surface area contributed by atoms with Gasteiger partial charge in [-0.05, 0) is 25.3 Å². The molecule has 2 nitrogen and oxygen atoms in total. The molecule has 2 saturated heterocycles. The molecule has 0 aliphatic carbocycles. The van der Waals surface area contributed by atoms with Crippen molar-refractivity contribution in [2.24, 2.45) is 5.92 Å². The van der Waals surface area contributed by atoms with Crippen LogP contribution >= 0.6 is 0 Å². The number of hydrogen-bond acceptors (Lipinski definition) is 2. The Labute approximate surface area is 55.6 Å². The standard InChI is InChI=1S/C7H13NO/c1-2-6-4-9-5-7(6)8-3-1/h6-8H,1-5H2/t6-,7-/m1/s1. The van der Waals surface area contributed by atoms with E-state index in [2.05, 4.69) is 5.32 Å². The van der Waals surface area contributed by atoms with Crippen LogP contribution in [0.3, 0.4) is 0 Å². The summed E-state index contributed by atoms with van der Waals surface area (Å²) in [5.74, 6) is 0.832.